The van der Waals surface area contributed by atoms with Crippen LogP contribution in [0.4, 0.5) is 0 Å². The molecule has 0 amide bonds. The molecule has 0 radical (unpaired) electrons. The first-order valence-electron chi connectivity index (χ1n) is 6.91. The van der Waals surface area contributed by atoms with Crippen molar-refractivity contribution in [2.45, 2.75) is 27.3 Å². The lowest BCUT2D eigenvalue weighted by molar-refractivity contribution is 0.536. The lowest BCUT2D eigenvalue weighted by Gasteiger charge is -2.10. The van der Waals surface area contributed by atoms with E-state index in [0.29, 0.717) is 11.5 Å². The average molecular weight is 296 g/mol. The molecular weight excluding hydrogens is 280 g/mol. The molecule has 4 nitrogen and oxygen atoms in total. The van der Waals surface area contributed by atoms with Gasteiger partial charge in [-0.1, -0.05) is 13.8 Å². The average Bonchev–Trinajstić information content (AvgIpc) is 3.02. The van der Waals surface area contributed by atoms with Crippen LogP contribution in [0, 0.1) is 24.2 Å². The van der Waals surface area contributed by atoms with Crippen LogP contribution in [0.3, 0.4) is 0 Å². The normalized spacial score (nSPS) is 11.2. The number of nitrogens with zero attached hydrogens (tertiary/aromatic N) is 4. The van der Waals surface area contributed by atoms with Gasteiger partial charge in [-0.2, -0.15) is 5.26 Å². The fourth-order valence-electron chi connectivity index (χ4n) is 2.41. The summed E-state index contributed by atoms with van der Waals surface area (Å²) >= 11 is 1.63. The minimum absolute atomic E-state index is 0.511. The van der Waals surface area contributed by atoms with Gasteiger partial charge >= 0.3 is 0 Å². The number of rotatable bonds is 3. The molecular formula is C16H16N4S. The smallest absolute Gasteiger partial charge is 0.160 e. The van der Waals surface area contributed by atoms with Crippen molar-refractivity contribution in [3.8, 4) is 17.6 Å². The number of aromatic nitrogens is 3. The summed E-state index contributed by atoms with van der Waals surface area (Å²) in [5.74, 6) is 1.40. The maximum Gasteiger partial charge on any atom is 0.160 e. The first-order chi connectivity index (χ1) is 10.1. The summed E-state index contributed by atoms with van der Waals surface area (Å²) in [7, 11) is 0. The second-order valence-electron chi connectivity index (χ2n) is 5.51. The lowest BCUT2D eigenvalue weighted by Crippen LogP contribution is -2.06. The van der Waals surface area contributed by atoms with E-state index in [9.17, 15) is 0 Å². The number of imidazole rings is 1. The zero-order valence-corrected chi connectivity index (χ0v) is 13.1. The Balaban J connectivity index is 2.24. The molecule has 0 saturated heterocycles. The Bertz CT molecular complexity index is 836. The highest BCUT2D eigenvalue weighted by atomic mass is 32.1. The summed E-state index contributed by atoms with van der Waals surface area (Å²) in [5.41, 5.74) is 3.46. The van der Waals surface area contributed by atoms with Crippen molar-refractivity contribution >= 4 is 22.4 Å². The lowest BCUT2D eigenvalue weighted by atomic mass is 10.2. The van der Waals surface area contributed by atoms with Crippen LogP contribution in [0.15, 0.2) is 23.6 Å². The Morgan fingerprint density at radius 3 is 2.76 bits per heavy atom. The molecule has 0 saturated carbocycles. The van der Waals surface area contributed by atoms with E-state index in [0.717, 1.165) is 34.1 Å². The van der Waals surface area contributed by atoms with Gasteiger partial charge in [-0.05, 0) is 31.0 Å². The fourth-order valence-corrected chi connectivity index (χ4v) is 3.00. The predicted molar refractivity (Wildman–Crippen MR) is 85.1 cm³/mol. The molecule has 21 heavy (non-hydrogen) atoms. The summed E-state index contributed by atoms with van der Waals surface area (Å²) in [6, 6.07) is 7.83. The van der Waals surface area contributed by atoms with E-state index in [2.05, 4.69) is 29.5 Å². The molecule has 106 valence electrons. The number of nitriles is 1. The highest BCUT2D eigenvalue weighted by Gasteiger charge is 2.16. The van der Waals surface area contributed by atoms with Gasteiger partial charge in [-0.3, -0.25) is 0 Å². The Morgan fingerprint density at radius 2 is 2.14 bits per heavy atom. The minimum Gasteiger partial charge on any atom is -0.322 e. The molecule has 0 unspecified atom stereocenters. The van der Waals surface area contributed by atoms with E-state index in [1.165, 1.54) is 0 Å². The van der Waals surface area contributed by atoms with Crippen molar-refractivity contribution in [1.29, 1.82) is 5.26 Å². The number of benzene rings is 1. The molecule has 3 aromatic rings. The van der Waals surface area contributed by atoms with E-state index in [-0.39, 0.29) is 0 Å². The Labute approximate surface area is 127 Å². The Morgan fingerprint density at radius 1 is 1.33 bits per heavy atom. The van der Waals surface area contributed by atoms with Crippen molar-refractivity contribution in [2.24, 2.45) is 5.92 Å². The van der Waals surface area contributed by atoms with E-state index >= 15 is 0 Å². The summed E-state index contributed by atoms with van der Waals surface area (Å²) in [4.78, 5) is 9.27. The third-order valence-corrected chi connectivity index (χ3v) is 4.05. The van der Waals surface area contributed by atoms with Gasteiger partial charge in [0.15, 0.2) is 5.82 Å². The monoisotopic (exact) mass is 296 g/mol. The molecule has 0 fully saturated rings. The quantitative estimate of drug-likeness (QED) is 0.734. The van der Waals surface area contributed by atoms with Crippen LogP contribution in [-0.4, -0.2) is 14.5 Å². The van der Waals surface area contributed by atoms with Crippen LogP contribution in [0.2, 0.25) is 0 Å². The number of hydrogen-bond donors (Lipinski definition) is 0. The molecule has 0 aliphatic heterocycles. The van der Waals surface area contributed by atoms with E-state index < -0.39 is 0 Å². The van der Waals surface area contributed by atoms with Crippen LogP contribution >= 0.6 is 11.3 Å². The van der Waals surface area contributed by atoms with Crippen LogP contribution in [0.5, 0.6) is 0 Å². The van der Waals surface area contributed by atoms with Gasteiger partial charge in [-0.25, -0.2) is 9.97 Å². The van der Waals surface area contributed by atoms with Crippen molar-refractivity contribution < 1.29 is 0 Å². The van der Waals surface area contributed by atoms with Gasteiger partial charge in [0.05, 0.1) is 27.7 Å². The van der Waals surface area contributed by atoms with E-state index in [1.807, 2.05) is 30.5 Å². The Hall–Kier alpha value is -2.19. The summed E-state index contributed by atoms with van der Waals surface area (Å²) in [6.45, 7) is 7.25. The molecule has 0 aliphatic rings. The van der Waals surface area contributed by atoms with Crippen LogP contribution < -0.4 is 0 Å². The number of fused-ring (bicyclic) bond motifs is 1. The van der Waals surface area contributed by atoms with Gasteiger partial charge < -0.3 is 4.57 Å². The van der Waals surface area contributed by atoms with Gasteiger partial charge in [0.25, 0.3) is 0 Å². The standard InChI is InChI=1S/C16H16N4S/c1-10(2)8-20-15-5-4-12(7-17)6-13(15)19-16(20)14-9-21-11(3)18-14/h4-6,9-10H,8H2,1-3H3. The van der Waals surface area contributed by atoms with E-state index in [4.69, 9.17) is 10.2 Å². The molecule has 3 rings (SSSR count). The maximum absolute atomic E-state index is 9.04. The zero-order chi connectivity index (χ0) is 15.0. The molecule has 0 N–H and O–H groups in total. The third kappa shape index (κ3) is 2.55. The topological polar surface area (TPSA) is 54.5 Å². The van der Waals surface area contributed by atoms with Crippen molar-refractivity contribution in [1.82, 2.24) is 14.5 Å². The number of aryl methyl sites for hydroxylation is 1. The van der Waals surface area contributed by atoms with Gasteiger partial charge in [0.2, 0.25) is 0 Å². The molecule has 0 bridgehead atoms. The SMILES string of the molecule is Cc1nc(-c2nc3cc(C#N)ccc3n2CC(C)C)cs1. The van der Waals surface area contributed by atoms with E-state index in [1.54, 1.807) is 11.3 Å². The highest BCUT2D eigenvalue weighted by molar-refractivity contribution is 7.09. The molecule has 0 spiro atoms. The molecule has 2 aromatic heterocycles. The zero-order valence-electron chi connectivity index (χ0n) is 12.3. The first kappa shape index (κ1) is 13.8. The first-order valence-corrected chi connectivity index (χ1v) is 7.79. The van der Waals surface area contributed by atoms with Crippen molar-refractivity contribution in [2.75, 3.05) is 0 Å². The van der Waals surface area contributed by atoms with Crippen molar-refractivity contribution in [3.05, 3.63) is 34.2 Å². The fraction of sp³-hybridized carbons (Fsp3) is 0.312. The summed E-state index contributed by atoms with van der Waals surface area (Å²) < 4.78 is 2.20. The van der Waals surface area contributed by atoms with Crippen LogP contribution in [0.25, 0.3) is 22.6 Å². The molecule has 0 atom stereocenters. The number of hydrogen-bond acceptors (Lipinski definition) is 4. The number of thiazole rings is 1. The maximum atomic E-state index is 9.04. The summed E-state index contributed by atoms with van der Waals surface area (Å²) in [5, 5.41) is 12.1. The summed E-state index contributed by atoms with van der Waals surface area (Å²) in [6.07, 6.45) is 0. The molecule has 5 heteroatoms. The second kappa shape index (κ2) is 5.30. The van der Waals surface area contributed by atoms with Crippen LogP contribution in [0.1, 0.15) is 24.4 Å². The molecule has 1 aromatic carbocycles. The minimum atomic E-state index is 0.511. The van der Waals surface area contributed by atoms with Gasteiger partial charge in [0, 0.05) is 11.9 Å². The molecule has 2 heterocycles. The third-order valence-electron chi connectivity index (χ3n) is 3.27. The Kier molecular flexibility index (Phi) is 3.48. The predicted octanol–water partition coefficient (Wildman–Crippen LogP) is 4.00. The van der Waals surface area contributed by atoms with Gasteiger partial charge in [0.1, 0.15) is 5.69 Å². The van der Waals surface area contributed by atoms with Gasteiger partial charge in [-0.15, -0.1) is 11.3 Å². The van der Waals surface area contributed by atoms with Crippen molar-refractivity contribution in [3.63, 3.8) is 0 Å². The van der Waals surface area contributed by atoms with Crippen LogP contribution in [-0.2, 0) is 6.54 Å². The highest BCUT2D eigenvalue weighted by Crippen LogP contribution is 2.27. The second-order valence-corrected chi connectivity index (χ2v) is 6.57. The molecule has 0 aliphatic carbocycles. The largest absolute Gasteiger partial charge is 0.322 e.